The van der Waals surface area contributed by atoms with Crippen LogP contribution in [0.3, 0.4) is 0 Å². The maximum atomic E-state index is 13.0. The number of rotatable bonds is 9. The Morgan fingerprint density at radius 2 is 1.71 bits per heavy atom. The van der Waals surface area contributed by atoms with E-state index in [9.17, 15) is 4.39 Å². The topological polar surface area (TPSA) is 30.5 Å². The van der Waals surface area contributed by atoms with Gasteiger partial charge in [0, 0.05) is 12.1 Å². The van der Waals surface area contributed by atoms with E-state index in [-0.39, 0.29) is 5.82 Å². The molecule has 3 nitrogen and oxygen atoms in total. The van der Waals surface area contributed by atoms with Crippen molar-refractivity contribution in [3.8, 4) is 11.5 Å². The standard InChI is InChI=1S/C24H26FNO2/c1-18-5-3-6-20(15-18)17-28-24-21(7-4-8-23(24)27-2)16-26-14-13-19-9-11-22(25)12-10-19/h3-12,15,26H,13-14,16-17H2,1-2H3. The number of aryl methyl sites for hydroxylation is 1. The summed E-state index contributed by atoms with van der Waals surface area (Å²) in [5.74, 6) is 1.29. The van der Waals surface area contributed by atoms with E-state index in [1.54, 1.807) is 7.11 Å². The molecule has 0 amide bonds. The molecule has 0 fully saturated rings. The van der Waals surface area contributed by atoms with Crippen LogP contribution in [-0.4, -0.2) is 13.7 Å². The Labute approximate surface area is 166 Å². The van der Waals surface area contributed by atoms with E-state index < -0.39 is 0 Å². The first-order valence-corrected chi connectivity index (χ1v) is 9.45. The summed E-state index contributed by atoms with van der Waals surface area (Å²) in [5, 5.41) is 3.43. The highest BCUT2D eigenvalue weighted by Crippen LogP contribution is 2.31. The Bertz CT molecular complexity index is 893. The molecule has 0 bridgehead atoms. The van der Waals surface area contributed by atoms with Gasteiger partial charge in [0.1, 0.15) is 12.4 Å². The number of halogens is 1. The molecule has 3 aromatic rings. The number of benzene rings is 3. The van der Waals surface area contributed by atoms with Crippen LogP contribution in [0.25, 0.3) is 0 Å². The molecule has 3 aromatic carbocycles. The van der Waals surface area contributed by atoms with Gasteiger partial charge in [0.25, 0.3) is 0 Å². The Morgan fingerprint density at radius 3 is 2.46 bits per heavy atom. The quantitative estimate of drug-likeness (QED) is 0.528. The number of hydrogen-bond donors (Lipinski definition) is 1. The minimum absolute atomic E-state index is 0.205. The summed E-state index contributed by atoms with van der Waals surface area (Å²) in [6.45, 7) is 4.02. The fourth-order valence-corrected chi connectivity index (χ4v) is 3.09. The number of methoxy groups -OCH3 is 1. The van der Waals surface area contributed by atoms with Crippen LogP contribution in [0.15, 0.2) is 66.7 Å². The molecule has 0 heterocycles. The van der Waals surface area contributed by atoms with Gasteiger partial charge in [0.2, 0.25) is 0 Å². The van der Waals surface area contributed by atoms with Crippen molar-refractivity contribution >= 4 is 0 Å². The van der Waals surface area contributed by atoms with Crippen molar-refractivity contribution in [3.05, 3.63) is 94.8 Å². The summed E-state index contributed by atoms with van der Waals surface area (Å²) >= 11 is 0. The highest BCUT2D eigenvalue weighted by atomic mass is 19.1. The SMILES string of the molecule is COc1cccc(CNCCc2ccc(F)cc2)c1OCc1cccc(C)c1. The Balaban J connectivity index is 1.61. The molecule has 0 radical (unpaired) electrons. The summed E-state index contributed by atoms with van der Waals surface area (Å²) in [7, 11) is 1.65. The highest BCUT2D eigenvalue weighted by Gasteiger charge is 2.11. The molecule has 0 aliphatic heterocycles. The van der Waals surface area contributed by atoms with E-state index in [1.807, 2.05) is 36.4 Å². The molecular weight excluding hydrogens is 353 g/mol. The van der Waals surface area contributed by atoms with Gasteiger partial charge in [-0.05, 0) is 49.2 Å². The normalized spacial score (nSPS) is 10.7. The third kappa shape index (κ3) is 5.57. The molecule has 0 aliphatic rings. The van der Waals surface area contributed by atoms with Gasteiger partial charge >= 0.3 is 0 Å². The fourth-order valence-electron chi connectivity index (χ4n) is 3.09. The smallest absolute Gasteiger partial charge is 0.166 e. The van der Waals surface area contributed by atoms with Gasteiger partial charge in [-0.25, -0.2) is 4.39 Å². The predicted octanol–water partition coefficient (Wildman–Crippen LogP) is 5.05. The molecule has 0 atom stereocenters. The van der Waals surface area contributed by atoms with E-state index in [4.69, 9.17) is 9.47 Å². The van der Waals surface area contributed by atoms with E-state index >= 15 is 0 Å². The lowest BCUT2D eigenvalue weighted by atomic mass is 10.1. The van der Waals surface area contributed by atoms with Gasteiger partial charge in [0.15, 0.2) is 11.5 Å². The second-order valence-electron chi connectivity index (χ2n) is 6.78. The second kappa shape index (κ2) is 9.90. The van der Waals surface area contributed by atoms with Crippen molar-refractivity contribution in [2.75, 3.05) is 13.7 Å². The molecule has 1 N–H and O–H groups in total. The Kier molecular flexibility index (Phi) is 7.04. The van der Waals surface area contributed by atoms with Crippen LogP contribution in [0.5, 0.6) is 11.5 Å². The lowest BCUT2D eigenvalue weighted by Crippen LogP contribution is -2.17. The monoisotopic (exact) mass is 379 g/mol. The van der Waals surface area contributed by atoms with Crippen molar-refractivity contribution in [2.45, 2.75) is 26.5 Å². The van der Waals surface area contributed by atoms with Gasteiger partial charge in [-0.3, -0.25) is 0 Å². The molecule has 0 spiro atoms. The second-order valence-corrected chi connectivity index (χ2v) is 6.78. The molecule has 0 saturated heterocycles. The zero-order valence-electron chi connectivity index (χ0n) is 16.4. The summed E-state index contributed by atoms with van der Waals surface area (Å²) in [6, 6.07) is 20.8. The van der Waals surface area contributed by atoms with Crippen LogP contribution >= 0.6 is 0 Å². The highest BCUT2D eigenvalue weighted by molar-refractivity contribution is 5.46. The van der Waals surface area contributed by atoms with Crippen molar-refractivity contribution in [3.63, 3.8) is 0 Å². The number of ether oxygens (including phenoxy) is 2. The molecule has 3 rings (SSSR count). The summed E-state index contributed by atoms with van der Waals surface area (Å²) in [6.07, 6.45) is 0.837. The van der Waals surface area contributed by atoms with Crippen LogP contribution in [0, 0.1) is 12.7 Å². The molecule has 0 aromatic heterocycles. The molecule has 0 aliphatic carbocycles. The Morgan fingerprint density at radius 1 is 0.929 bits per heavy atom. The third-order valence-corrected chi connectivity index (χ3v) is 4.57. The Hall–Kier alpha value is -2.85. The van der Waals surface area contributed by atoms with Crippen molar-refractivity contribution in [1.29, 1.82) is 0 Å². The summed E-state index contributed by atoms with van der Waals surface area (Å²) < 4.78 is 24.6. The lowest BCUT2D eigenvalue weighted by molar-refractivity contribution is 0.280. The molecule has 146 valence electrons. The van der Waals surface area contributed by atoms with Gasteiger partial charge in [-0.1, -0.05) is 54.1 Å². The van der Waals surface area contributed by atoms with Crippen LogP contribution in [0.1, 0.15) is 22.3 Å². The first kappa shape index (κ1) is 19.9. The van der Waals surface area contributed by atoms with E-state index in [2.05, 4.69) is 30.4 Å². The maximum Gasteiger partial charge on any atom is 0.166 e. The number of para-hydroxylation sites is 1. The first-order chi connectivity index (χ1) is 13.7. The van der Waals surface area contributed by atoms with E-state index in [0.717, 1.165) is 41.2 Å². The van der Waals surface area contributed by atoms with E-state index in [0.29, 0.717) is 13.2 Å². The van der Waals surface area contributed by atoms with Gasteiger partial charge in [-0.15, -0.1) is 0 Å². The zero-order chi connectivity index (χ0) is 19.8. The zero-order valence-corrected chi connectivity index (χ0v) is 16.4. The van der Waals surface area contributed by atoms with Gasteiger partial charge in [0.05, 0.1) is 7.11 Å². The summed E-state index contributed by atoms with van der Waals surface area (Å²) in [4.78, 5) is 0. The van der Waals surface area contributed by atoms with Crippen molar-refractivity contribution < 1.29 is 13.9 Å². The molecule has 0 saturated carbocycles. The lowest BCUT2D eigenvalue weighted by Gasteiger charge is -2.16. The maximum absolute atomic E-state index is 13.0. The molecule has 4 heteroatoms. The minimum Gasteiger partial charge on any atom is -0.493 e. The van der Waals surface area contributed by atoms with Crippen molar-refractivity contribution in [1.82, 2.24) is 5.32 Å². The average Bonchev–Trinajstić information content (AvgIpc) is 2.71. The summed E-state index contributed by atoms with van der Waals surface area (Å²) in [5.41, 5.74) is 4.49. The fraction of sp³-hybridized carbons (Fsp3) is 0.250. The minimum atomic E-state index is -0.205. The van der Waals surface area contributed by atoms with Crippen molar-refractivity contribution in [2.24, 2.45) is 0 Å². The first-order valence-electron chi connectivity index (χ1n) is 9.45. The van der Waals surface area contributed by atoms with Crippen LogP contribution in [0.2, 0.25) is 0 Å². The van der Waals surface area contributed by atoms with Gasteiger partial charge in [-0.2, -0.15) is 0 Å². The molecule has 0 unspecified atom stereocenters. The van der Waals surface area contributed by atoms with E-state index in [1.165, 1.54) is 17.7 Å². The largest absolute Gasteiger partial charge is 0.493 e. The number of nitrogens with one attached hydrogen (secondary N) is 1. The third-order valence-electron chi connectivity index (χ3n) is 4.57. The predicted molar refractivity (Wildman–Crippen MR) is 110 cm³/mol. The van der Waals surface area contributed by atoms with Crippen LogP contribution in [-0.2, 0) is 19.6 Å². The number of hydrogen-bond acceptors (Lipinski definition) is 3. The van der Waals surface area contributed by atoms with Crippen LogP contribution in [0.4, 0.5) is 4.39 Å². The average molecular weight is 379 g/mol. The molecular formula is C24H26FNO2. The molecule has 28 heavy (non-hydrogen) atoms. The van der Waals surface area contributed by atoms with Crippen LogP contribution < -0.4 is 14.8 Å². The van der Waals surface area contributed by atoms with Gasteiger partial charge < -0.3 is 14.8 Å².